The van der Waals surface area contributed by atoms with Crippen molar-refractivity contribution in [3.63, 3.8) is 0 Å². The second kappa shape index (κ2) is 8.89. The van der Waals surface area contributed by atoms with Crippen LogP contribution in [-0.4, -0.2) is 19.2 Å². The van der Waals surface area contributed by atoms with Crippen LogP contribution < -0.4 is 14.9 Å². The molecular formula is C17H16ClIN2O3. The molecule has 24 heavy (non-hydrogen) atoms. The van der Waals surface area contributed by atoms with E-state index in [0.29, 0.717) is 28.7 Å². The molecule has 0 bridgehead atoms. The van der Waals surface area contributed by atoms with Gasteiger partial charge in [0.05, 0.1) is 18.3 Å². The van der Waals surface area contributed by atoms with Gasteiger partial charge in [-0.2, -0.15) is 5.10 Å². The number of hydrogen-bond donors (Lipinski definition) is 1. The van der Waals surface area contributed by atoms with Gasteiger partial charge in [-0.3, -0.25) is 4.79 Å². The number of nitrogens with zero attached hydrogens (tertiary/aromatic N) is 1. The highest BCUT2D eigenvalue weighted by atomic mass is 127. The fourth-order valence-corrected chi connectivity index (χ4v) is 2.52. The molecule has 0 heterocycles. The summed E-state index contributed by atoms with van der Waals surface area (Å²) in [5, 5.41) is 4.22. The zero-order valence-electron chi connectivity index (χ0n) is 13.2. The first-order valence-electron chi connectivity index (χ1n) is 7.04. The van der Waals surface area contributed by atoms with E-state index in [1.807, 2.05) is 24.3 Å². The van der Waals surface area contributed by atoms with E-state index in [2.05, 4.69) is 33.1 Å². The molecule has 0 fully saturated rings. The highest BCUT2D eigenvalue weighted by Crippen LogP contribution is 2.36. The summed E-state index contributed by atoms with van der Waals surface area (Å²) in [6, 6.07) is 11.5. The lowest BCUT2D eigenvalue weighted by atomic mass is 10.2. The molecule has 0 aliphatic rings. The normalized spacial score (nSPS) is 10.7. The Kier molecular flexibility index (Phi) is 6.86. The number of ether oxygens (including phenoxy) is 2. The van der Waals surface area contributed by atoms with E-state index in [1.165, 1.54) is 20.2 Å². The number of carbonyl (C=O) groups excluding carboxylic acids is 1. The molecule has 0 aliphatic heterocycles. The van der Waals surface area contributed by atoms with Crippen molar-refractivity contribution >= 4 is 46.3 Å². The second-order valence-corrected chi connectivity index (χ2v) is 6.53. The lowest BCUT2D eigenvalue weighted by Crippen LogP contribution is -2.12. The molecule has 0 saturated carbocycles. The smallest absolute Gasteiger partial charge is 0.236 e. The van der Waals surface area contributed by atoms with Crippen LogP contribution in [0.1, 0.15) is 18.1 Å². The van der Waals surface area contributed by atoms with Gasteiger partial charge in [-0.1, -0.05) is 23.7 Å². The maximum atomic E-state index is 10.8. The highest BCUT2D eigenvalue weighted by Gasteiger charge is 2.12. The van der Waals surface area contributed by atoms with Gasteiger partial charge >= 0.3 is 0 Å². The zero-order valence-corrected chi connectivity index (χ0v) is 16.1. The van der Waals surface area contributed by atoms with Crippen molar-refractivity contribution in [2.75, 3.05) is 7.11 Å². The van der Waals surface area contributed by atoms with Gasteiger partial charge in [0.15, 0.2) is 11.5 Å². The number of hydrogen-bond acceptors (Lipinski definition) is 4. The fourth-order valence-electron chi connectivity index (χ4n) is 1.89. The van der Waals surface area contributed by atoms with E-state index in [0.717, 1.165) is 9.13 Å². The molecule has 2 rings (SSSR count). The minimum absolute atomic E-state index is 0.248. The minimum atomic E-state index is -0.248. The summed E-state index contributed by atoms with van der Waals surface area (Å²) in [5.74, 6) is 0.716. The zero-order chi connectivity index (χ0) is 17.5. The molecule has 7 heteroatoms. The first-order chi connectivity index (χ1) is 11.5. The van der Waals surface area contributed by atoms with Crippen LogP contribution in [0.4, 0.5) is 0 Å². The van der Waals surface area contributed by atoms with Crippen molar-refractivity contribution in [3.8, 4) is 11.5 Å². The van der Waals surface area contributed by atoms with Gasteiger partial charge in [0, 0.05) is 10.5 Å². The molecule has 0 unspecified atom stereocenters. The fraction of sp³-hybridized carbons (Fsp3) is 0.176. The average Bonchev–Trinajstić information content (AvgIpc) is 2.54. The molecule has 0 radical (unpaired) electrons. The SMILES string of the molecule is COc1cc(/C=N\NC(C)=O)cc(Cl)c1OCc1ccc(I)cc1. The Labute approximate surface area is 159 Å². The molecule has 2 aromatic rings. The van der Waals surface area contributed by atoms with Crippen LogP contribution in [0.2, 0.25) is 5.02 Å². The van der Waals surface area contributed by atoms with Crippen molar-refractivity contribution in [3.05, 3.63) is 56.1 Å². The van der Waals surface area contributed by atoms with E-state index in [-0.39, 0.29) is 5.91 Å². The van der Waals surface area contributed by atoms with Crippen molar-refractivity contribution in [1.82, 2.24) is 5.43 Å². The van der Waals surface area contributed by atoms with Gasteiger partial charge in [-0.05, 0) is 58.0 Å². The quantitative estimate of drug-likeness (QED) is 0.404. The van der Waals surface area contributed by atoms with Crippen LogP contribution >= 0.6 is 34.2 Å². The minimum Gasteiger partial charge on any atom is -0.493 e. The van der Waals surface area contributed by atoms with Gasteiger partial charge in [-0.25, -0.2) is 5.43 Å². The largest absolute Gasteiger partial charge is 0.493 e. The molecular weight excluding hydrogens is 443 g/mol. The molecule has 126 valence electrons. The Morgan fingerprint density at radius 3 is 2.67 bits per heavy atom. The van der Waals surface area contributed by atoms with Crippen molar-refractivity contribution in [2.24, 2.45) is 5.10 Å². The number of nitrogens with one attached hydrogen (secondary N) is 1. The number of amides is 1. The lowest BCUT2D eigenvalue weighted by molar-refractivity contribution is -0.118. The predicted molar refractivity (Wildman–Crippen MR) is 103 cm³/mol. The maximum Gasteiger partial charge on any atom is 0.236 e. The van der Waals surface area contributed by atoms with E-state index in [1.54, 1.807) is 12.1 Å². The molecule has 0 spiro atoms. The molecule has 5 nitrogen and oxygen atoms in total. The highest BCUT2D eigenvalue weighted by molar-refractivity contribution is 14.1. The standard InChI is InChI=1S/C17H16ClIN2O3/c1-11(22)21-20-9-13-7-15(18)17(16(8-13)23-2)24-10-12-3-5-14(19)6-4-12/h3-9H,10H2,1-2H3,(H,21,22)/b20-9-. The number of benzene rings is 2. The summed E-state index contributed by atoms with van der Waals surface area (Å²) >= 11 is 8.54. The topological polar surface area (TPSA) is 59.9 Å². The first kappa shape index (κ1) is 18.5. The summed E-state index contributed by atoms with van der Waals surface area (Å²) in [6.45, 7) is 1.76. The molecule has 1 N–H and O–H groups in total. The Hall–Kier alpha value is -1.80. The van der Waals surface area contributed by atoms with Crippen LogP contribution in [0.5, 0.6) is 11.5 Å². The summed E-state index contributed by atoms with van der Waals surface area (Å²) in [7, 11) is 1.54. The van der Waals surface area contributed by atoms with E-state index >= 15 is 0 Å². The van der Waals surface area contributed by atoms with Crippen LogP contribution in [0, 0.1) is 3.57 Å². The number of methoxy groups -OCH3 is 1. The summed E-state index contributed by atoms with van der Waals surface area (Å²) < 4.78 is 12.3. The van der Waals surface area contributed by atoms with E-state index in [4.69, 9.17) is 21.1 Å². The number of halogens is 2. The number of carbonyl (C=O) groups is 1. The third-order valence-electron chi connectivity index (χ3n) is 2.98. The molecule has 0 atom stereocenters. The average molecular weight is 459 g/mol. The lowest BCUT2D eigenvalue weighted by Gasteiger charge is -2.13. The van der Waals surface area contributed by atoms with Crippen molar-refractivity contribution in [2.45, 2.75) is 13.5 Å². The Morgan fingerprint density at radius 2 is 2.04 bits per heavy atom. The van der Waals surface area contributed by atoms with Crippen LogP contribution in [0.15, 0.2) is 41.5 Å². The van der Waals surface area contributed by atoms with E-state index in [9.17, 15) is 4.79 Å². The van der Waals surface area contributed by atoms with Crippen LogP contribution in [0.3, 0.4) is 0 Å². The van der Waals surface area contributed by atoms with E-state index < -0.39 is 0 Å². The van der Waals surface area contributed by atoms with Crippen LogP contribution in [0.25, 0.3) is 0 Å². The monoisotopic (exact) mass is 458 g/mol. The third-order valence-corrected chi connectivity index (χ3v) is 3.98. The molecule has 2 aromatic carbocycles. The Balaban J connectivity index is 2.15. The van der Waals surface area contributed by atoms with Gasteiger partial charge < -0.3 is 9.47 Å². The van der Waals surface area contributed by atoms with Crippen molar-refractivity contribution in [1.29, 1.82) is 0 Å². The number of hydrazone groups is 1. The maximum absolute atomic E-state index is 10.8. The first-order valence-corrected chi connectivity index (χ1v) is 8.49. The molecule has 0 aromatic heterocycles. The van der Waals surface area contributed by atoms with Gasteiger partial charge in [0.1, 0.15) is 6.61 Å². The van der Waals surface area contributed by atoms with Crippen molar-refractivity contribution < 1.29 is 14.3 Å². The summed E-state index contributed by atoms with van der Waals surface area (Å²) in [4.78, 5) is 10.8. The van der Waals surface area contributed by atoms with Gasteiger partial charge in [-0.15, -0.1) is 0 Å². The predicted octanol–water partition coefficient (Wildman–Crippen LogP) is 4.00. The molecule has 1 amide bonds. The Morgan fingerprint density at radius 1 is 1.33 bits per heavy atom. The third kappa shape index (κ3) is 5.38. The molecule has 0 aliphatic carbocycles. The summed E-state index contributed by atoms with van der Waals surface area (Å²) in [5.41, 5.74) is 4.05. The van der Waals surface area contributed by atoms with Crippen LogP contribution in [-0.2, 0) is 11.4 Å². The Bertz CT molecular complexity index is 748. The molecule has 0 saturated heterocycles. The van der Waals surface area contributed by atoms with Gasteiger partial charge in [0.2, 0.25) is 5.91 Å². The van der Waals surface area contributed by atoms with Gasteiger partial charge in [0.25, 0.3) is 0 Å². The number of rotatable bonds is 6. The summed E-state index contributed by atoms with van der Waals surface area (Å²) in [6.07, 6.45) is 1.48. The second-order valence-electron chi connectivity index (χ2n) is 4.88.